The second kappa shape index (κ2) is 6.39. The van der Waals surface area contributed by atoms with Gasteiger partial charge in [-0.15, -0.1) is 0 Å². The normalized spacial score (nSPS) is 16.4. The largest absolute Gasteiger partial charge is 0.390 e. The first-order chi connectivity index (χ1) is 9.47. The lowest BCUT2D eigenvalue weighted by atomic mass is 10.0. The van der Waals surface area contributed by atoms with Crippen molar-refractivity contribution in [2.75, 3.05) is 11.1 Å². The zero-order valence-electron chi connectivity index (χ0n) is 11.1. The average molecular weight is 295 g/mol. The number of anilines is 1. The van der Waals surface area contributed by atoms with Crippen molar-refractivity contribution in [2.45, 2.75) is 32.0 Å². The van der Waals surface area contributed by atoms with Crippen LogP contribution in [0.4, 0.5) is 5.69 Å². The Morgan fingerprint density at radius 2 is 2.20 bits per heavy atom. The molecule has 2 atom stereocenters. The summed E-state index contributed by atoms with van der Waals surface area (Å²) in [5.74, 6) is 0.403. The number of hydrogen-bond acceptors (Lipinski definition) is 5. The summed E-state index contributed by atoms with van der Waals surface area (Å²) in [5.41, 5.74) is 2.15. The third-order valence-corrected chi connectivity index (χ3v) is 4.03. The Bertz CT molecular complexity index is 532. The fourth-order valence-corrected chi connectivity index (χ4v) is 2.77. The molecule has 1 heterocycles. The Balaban J connectivity index is 1.98. The minimum absolute atomic E-state index is 0.00747. The number of thioether (sulfide) groups is 1. The van der Waals surface area contributed by atoms with Gasteiger partial charge >= 0.3 is 0 Å². The molecule has 6 heteroatoms. The van der Waals surface area contributed by atoms with Gasteiger partial charge in [0.15, 0.2) is 5.12 Å². The zero-order chi connectivity index (χ0) is 14.7. The highest BCUT2D eigenvalue weighted by Crippen LogP contribution is 2.28. The summed E-state index contributed by atoms with van der Waals surface area (Å²) in [7, 11) is 0. The Hall–Kier alpha value is -1.37. The van der Waals surface area contributed by atoms with Gasteiger partial charge in [0.2, 0.25) is 5.91 Å². The molecule has 0 saturated heterocycles. The number of rotatable bonds is 5. The van der Waals surface area contributed by atoms with Gasteiger partial charge in [0.05, 0.1) is 12.5 Å². The molecule has 108 valence electrons. The van der Waals surface area contributed by atoms with Crippen molar-refractivity contribution >= 4 is 28.5 Å². The lowest BCUT2D eigenvalue weighted by Crippen LogP contribution is -2.19. The molecule has 1 aliphatic heterocycles. The molecule has 1 amide bonds. The summed E-state index contributed by atoms with van der Waals surface area (Å²) in [4.78, 5) is 22.1. The summed E-state index contributed by atoms with van der Waals surface area (Å²) in [5, 5.41) is 22.7. The van der Waals surface area contributed by atoms with Crippen LogP contribution in [0.5, 0.6) is 0 Å². The second-order valence-electron chi connectivity index (χ2n) is 4.78. The number of nitrogens with one attached hydrogen (secondary N) is 1. The van der Waals surface area contributed by atoms with Crippen molar-refractivity contribution in [1.29, 1.82) is 0 Å². The molecule has 0 fully saturated rings. The molecule has 2 rings (SSSR count). The maximum Gasteiger partial charge on any atom is 0.228 e. The molecule has 0 aliphatic carbocycles. The van der Waals surface area contributed by atoms with E-state index in [0.717, 1.165) is 17.3 Å². The van der Waals surface area contributed by atoms with Crippen molar-refractivity contribution in [2.24, 2.45) is 0 Å². The van der Waals surface area contributed by atoms with E-state index in [2.05, 4.69) is 5.32 Å². The van der Waals surface area contributed by atoms with Gasteiger partial charge in [-0.05, 0) is 23.6 Å². The first kappa shape index (κ1) is 15.0. The van der Waals surface area contributed by atoms with E-state index >= 15 is 0 Å². The van der Waals surface area contributed by atoms with Crippen LogP contribution in [-0.2, 0) is 16.0 Å². The SMILES string of the molecule is CC(=O)SCCC(O)C(O)c1ccc2c(c1)NC(=O)C2. The van der Waals surface area contributed by atoms with Crippen LogP contribution in [0.1, 0.15) is 30.6 Å². The van der Waals surface area contributed by atoms with Crippen molar-refractivity contribution in [3.05, 3.63) is 29.3 Å². The molecule has 0 radical (unpaired) electrons. The molecule has 1 aromatic rings. The Labute approximate surface area is 121 Å². The lowest BCUT2D eigenvalue weighted by molar-refractivity contribution is -0.115. The Kier molecular flexibility index (Phi) is 4.80. The number of amides is 1. The predicted molar refractivity (Wildman–Crippen MR) is 77.5 cm³/mol. The van der Waals surface area contributed by atoms with E-state index in [1.54, 1.807) is 18.2 Å². The minimum Gasteiger partial charge on any atom is -0.390 e. The molecule has 1 aliphatic rings. The summed E-state index contributed by atoms with van der Waals surface area (Å²) >= 11 is 1.13. The van der Waals surface area contributed by atoms with E-state index in [9.17, 15) is 19.8 Å². The second-order valence-corrected chi connectivity index (χ2v) is 6.05. The summed E-state index contributed by atoms with van der Waals surface area (Å²) in [6, 6.07) is 5.18. The van der Waals surface area contributed by atoms with E-state index in [4.69, 9.17) is 0 Å². The maximum absolute atomic E-state index is 11.3. The molecular weight excluding hydrogens is 278 g/mol. The molecule has 20 heavy (non-hydrogen) atoms. The van der Waals surface area contributed by atoms with Gasteiger partial charge in [-0.2, -0.15) is 0 Å². The molecule has 0 saturated carbocycles. The van der Waals surface area contributed by atoms with E-state index in [1.807, 2.05) is 0 Å². The van der Waals surface area contributed by atoms with Crippen molar-refractivity contribution < 1.29 is 19.8 Å². The van der Waals surface area contributed by atoms with Crippen LogP contribution in [0.2, 0.25) is 0 Å². The van der Waals surface area contributed by atoms with Crippen LogP contribution in [0.15, 0.2) is 18.2 Å². The van der Waals surface area contributed by atoms with E-state index in [1.165, 1.54) is 6.92 Å². The molecule has 2 unspecified atom stereocenters. The Morgan fingerprint density at radius 3 is 2.90 bits per heavy atom. The van der Waals surface area contributed by atoms with Gasteiger partial charge < -0.3 is 15.5 Å². The van der Waals surface area contributed by atoms with Crippen LogP contribution in [0, 0.1) is 0 Å². The van der Waals surface area contributed by atoms with Gasteiger partial charge in [-0.3, -0.25) is 9.59 Å². The van der Waals surface area contributed by atoms with E-state index in [0.29, 0.717) is 29.8 Å². The van der Waals surface area contributed by atoms with E-state index < -0.39 is 12.2 Å². The van der Waals surface area contributed by atoms with Crippen LogP contribution in [0.3, 0.4) is 0 Å². The first-order valence-corrected chi connectivity index (χ1v) is 7.38. The molecular formula is C14H17NO4S. The van der Waals surface area contributed by atoms with E-state index in [-0.39, 0.29) is 11.0 Å². The van der Waals surface area contributed by atoms with Gasteiger partial charge in [0, 0.05) is 18.4 Å². The van der Waals surface area contributed by atoms with Crippen LogP contribution < -0.4 is 5.32 Å². The monoisotopic (exact) mass is 295 g/mol. The van der Waals surface area contributed by atoms with Gasteiger partial charge in [0.1, 0.15) is 6.10 Å². The van der Waals surface area contributed by atoms with Crippen LogP contribution >= 0.6 is 11.8 Å². The van der Waals surface area contributed by atoms with Crippen molar-refractivity contribution in [3.8, 4) is 0 Å². The molecule has 0 bridgehead atoms. The fourth-order valence-electron chi connectivity index (χ4n) is 2.12. The summed E-state index contributed by atoms with van der Waals surface area (Å²) in [6.07, 6.45) is -1.28. The molecule has 0 aromatic heterocycles. The van der Waals surface area contributed by atoms with Gasteiger partial charge in [-0.25, -0.2) is 0 Å². The number of carbonyl (C=O) groups is 2. The molecule has 0 spiro atoms. The van der Waals surface area contributed by atoms with Crippen molar-refractivity contribution in [1.82, 2.24) is 0 Å². The third-order valence-electron chi connectivity index (χ3n) is 3.18. The average Bonchev–Trinajstić information content (AvgIpc) is 2.76. The number of benzene rings is 1. The number of hydrogen-bond donors (Lipinski definition) is 3. The molecule has 5 nitrogen and oxygen atoms in total. The summed E-state index contributed by atoms with van der Waals surface area (Å²) < 4.78 is 0. The topological polar surface area (TPSA) is 86.6 Å². The van der Waals surface area contributed by atoms with Gasteiger partial charge in [-0.1, -0.05) is 23.9 Å². The Morgan fingerprint density at radius 1 is 1.45 bits per heavy atom. The highest BCUT2D eigenvalue weighted by atomic mass is 32.2. The number of aliphatic hydroxyl groups excluding tert-OH is 2. The van der Waals surface area contributed by atoms with Crippen LogP contribution in [0.25, 0.3) is 0 Å². The minimum atomic E-state index is -1.02. The standard InChI is InChI=1S/C14H17NO4S/c1-8(16)20-5-4-12(17)14(19)10-3-2-9-7-13(18)15-11(9)6-10/h2-3,6,12,14,17,19H,4-5,7H2,1H3,(H,15,18). The number of fused-ring (bicyclic) bond motifs is 1. The molecule has 3 N–H and O–H groups in total. The number of aliphatic hydroxyl groups is 2. The van der Waals surface area contributed by atoms with Crippen molar-refractivity contribution in [3.63, 3.8) is 0 Å². The third kappa shape index (κ3) is 3.59. The first-order valence-electron chi connectivity index (χ1n) is 6.39. The molecule has 1 aromatic carbocycles. The lowest BCUT2D eigenvalue weighted by Gasteiger charge is -2.18. The maximum atomic E-state index is 11.3. The smallest absolute Gasteiger partial charge is 0.228 e. The quantitative estimate of drug-likeness (QED) is 0.761. The van der Waals surface area contributed by atoms with Gasteiger partial charge in [0.25, 0.3) is 0 Å². The predicted octanol–water partition coefficient (Wildman–Crippen LogP) is 1.25. The zero-order valence-corrected chi connectivity index (χ0v) is 11.9. The van der Waals surface area contributed by atoms with Crippen LogP contribution in [-0.4, -0.2) is 33.1 Å². The highest BCUT2D eigenvalue weighted by molar-refractivity contribution is 8.13. The summed E-state index contributed by atoms with van der Waals surface area (Å²) in [6.45, 7) is 1.47. The number of carbonyl (C=O) groups excluding carboxylic acids is 2. The fraction of sp³-hybridized carbons (Fsp3) is 0.429. The highest BCUT2D eigenvalue weighted by Gasteiger charge is 2.22.